The van der Waals surface area contributed by atoms with Crippen molar-refractivity contribution in [1.29, 1.82) is 0 Å². The van der Waals surface area contributed by atoms with Gasteiger partial charge >= 0.3 is 23.9 Å². The van der Waals surface area contributed by atoms with E-state index < -0.39 is 42.5 Å². The highest BCUT2D eigenvalue weighted by Gasteiger charge is 2.38. The highest BCUT2D eigenvalue weighted by atomic mass is 16.6. The van der Waals surface area contributed by atoms with Crippen molar-refractivity contribution in [3.05, 3.63) is 157 Å². The Kier molecular flexibility index (Phi) is 28.6. The van der Waals surface area contributed by atoms with Crippen molar-refractivity contribution in [2.45, 2.75) is 90.9 Å². The van der Waals surface area contributed by atoms with E-state index in [2.05, 4.69) is 36.8 Å². The fraction of sp³-hybridized carbons (Fsp3) is 0.443. The third kappa shape index (κ3) is 23.9. The minimum absolute atomic E-state index is 0.0431. The molecule has 75 heavy (non-hydrogen) atoms. The maximum atomic E-state index is 13.5. The molecule has 0 radical (unpaired) electrons. The standard InChI is InChI=1S/C61H78N2O12/c1-5-9-11-19-37-62(39-21-43-70-53-31-27-51(28-32-53)59(68)49-23-15-13-16-24-49)41-35-57(66)74-47-61(45-72-55(64)7-3,46-73-56(65)8-4)48-75-58(67)36-42-63(38-20-12-10-6-2)40-22-44-71-54-33-29-52(30-34-54)60(69)50-25-17-14-18-26-50/h7-8,13-18,23-34H,3-6,9-12,19-22,35-48H2,1-2H3. The molecule has 0 spiro atoms. The molecule has 0 aliphatic carbocycles. The molecule has 0 aliphatic heterocycles. The lowest BCUT2D eigenvalue weighted by atomic mass is 9.92. The number of hydrogen-bond donors (Lipinski definition) is 0. The number of ketones is 2. The number of esters is 4. The van der Waals surface area contributed by atoms with Gasteiger partial charge in [0.15, 0.2) is 11.6 Å². The minimum Gasteiger partial charge on any atom is -0.494 e. The number of nitrogens with zero attached hydrogens (tertiary/aromatic N) is 2. The summed E-state index contributed by atoms with van der Waals surface area (Å²) in [6.45, 7) is 14.2. The Morgan fingerprint density at radius 1 is 0.427 bits per heavy atom. The summed E-state index contributed by atoms with van der Waals surface area (Å²) in [5.41, 5.74) is 0.948. The molecule has 0 atom stereocenters. The Morgan fingerprint density at radius 2 is 0.773 bits per heavy atom. The van der Waals surface area contributed by atoms with Crippen molar-refractivity contribution in [3.63, 3.8) is 0 Å². The van der Waals surface area contributed by atoms with E-state index >= 15 is 0 Å². The fourth-order valence-corrected chi connectivity index (χ4v) is 8.00. The predicted octanol–water partition coefficient (Wildman–Crippen LogP) is 10.5. The Labute approximate surface area is 444 Å². The second-order valence-corrected chi connectivity index (χ2v) is 18.6. The van der Waals surface area contributed by atoms with Gasteiger partial charge in [0.05, 0.1) is 26.1 Å². The lowest BCUT2D eigenvalue weighted by molar-refractivity contribution is -0.168. The molecule has 0 N–H and O–H groups in total. The number of unbranched alkanes of at least 4 members (excludes halogenated alkanes) is 6. The molecular weight excluding hydrogens is 953 g/mol. The molecule has 0 saturated carbocycles. The van der Waals surface area contributed by atoms with E-state index in [0.717, 1.165) is 76.6 Å². The summed E-state index contributed by atoms with van der Waals surface area (Å²) in [6.07, 6.45) is 11.8. The molecule has 14 heteroatoms. The summed E-state index contributed by atoms with van der Waals surface area (Å²) in [6, 6.07) is 32.4. The first-order chi connectivity index (χ1) is 36.5. The minimum atomic E-state index is -1.45. The molecule has 4 aromatic carbocycles. The van der Waals surface area contributed by atoms with Gasteiger partial charge in [0.1, 0.15) is 43.3 Å². The van der Waals surface area contributed by atoms with E-state index in [1.807, 2.05) is 36.4 Å². The van der Waals surface area contributed by atoms with Crippen LogP contribution >= 0.6 is 0 Å². The first-order valence-electron chi connectivity index (χ1n) is 26.5. The lowest BCUT2D eigenvalue weighted by Gasteiger charge is -2.31. The quantitative estimate of drug-likeness (QED) is 0.0136. The van der Waals surface area contributed by atoms with E-state index in [0.29, 0.717) is 86.0 Å². The number of hydrogen-bond acceptors (Lipinski definition) is 14. The zero-order valence-electron chi connectivity index (χ0n) is 44.2. The summed E-state index contributed by atoms with van der Waals surface area (Å²) in [7, 11) is 0. The molecule has 0 amide bonds. The summed E-state index contributed by atoms with van der Waals surface area (Å²) in [5, 5.41) is 0. The highest BCUT2D eigenvalue weighted by Crippen LogP contribution is 2.23. The van der Waals surface area contributed by atoms with E-state index in [4.69, 9.17) is 28.4 Å². The van der Waals surface area contributed by atoms with Crippen molar-refractivity contribution in [3.8, 4) is 11.5 Å². The molecule has 0 heterocycles. The summed E-state index contributed by atoms with van der Waals surface area (Å²) in [5.74, 6) is -1.40. The maximum absolute atomic E-state index is 13.5. The summed E-state index contributed by atoms with van der Waals surface area (Å²) >= 11 is 0. The number of carbonyl (C=O) groups excluding carboxylic acids is 6. The van der Waals surface area contributed by atoms with Crippen LogP contribution in [0.4, 0.5) is 0 Å². The second-order valence-electron chi connectivity index (χ2n) is 18.6. The maximum Gasteiger partial charge on any atom is 0.330 e. The van der Waals surface area contributed by atoms with E-state index in [-0.39, 0.29) is 37.6 Å². The van der Waals surface area contributed by atoms with Crippen molar-refractivity contribution in [2.75, 3.05) is 78.9 Å². The molecule has 4 rings (SSSR count). The van der Waals surface area contributed by atoms with Gasteiger partial charge in [-0.15, -0.1) is 0 Å². The molecule has 0 saturated heterocycles. The Hall–Kier alpha value is -6.90. The molecular formula is C61H78N2O12. The van der Waals surface area contributed by atoms with Crippen LogP contribution in [0.1, 0.15) is 123 Å². The third-order valence-electron chi connectivity index (χ3n) is 12.5. The highest BCUT2D eigenvalue weighted by molar-refractivity contribution is 6.09. The summed E-state index contributed by atoms with van der Waals surface area (Å²) < 4.78 is 34.5. The lowest BCUT2D eigenvalue weighted by Crippen LogP contribution is -2.44. The Balaban J connectivity index is 1.32. The van der Waals surface area contributed by atoms with Crippen LogP contribution < -0.4 is 9.47 Å². The van der Waals surface area contributed by atoms with Crippen LogP contribution in [0.15, 0.2) is 135 Å². The van der Waals surface area contributed by atoms with Gasteiger partial charge in [0.2, 0.25) is 0 Å². The van der Waals surface area contributed by atoms with E-state index in [1.54, 1.807) is 72.8 Å². The van der Waals surface area contributed by atoms with Gasteiger partial charge in [-0.25, -0.2) is 9.59 Å². The number of rotatable bonds is 40. The molecule has 0 bridgehead atoms. The monoisotopic (exact) mass is 1030 g/mol. The largest absolute Gasteiger partial charge is 0.494 e. The molecule has 0 aliphatic rings. The van der Waals surface area contributed by atoms with Gasteiger partial charge in [0.25, 0.3) is 0 Å². The SMILES string of the molecule is C=CC(=O)OCC(COC(=O)C=C)(COC(=O)CCN(CCCCCC)CCCOc1ccc(C(=O)c2ccccc2)cc1)COC(=O)CCN(CCCCCC)CCCOc1ccc(C(=O)c2ccccc2)cc1. The van der Waals surface area contributed by atoms with Crippen LogP contribution in [0.3, 0.4) is 0 Å². The zero-order chi connectivity index (χ0) is 53.9. The van der Waals surface area contributed by atoms with Crippen molar-refractivity contribution in [1.82, 2.24) is 9.80 Å². The van der Waals surface area contributed by atoms with Crippen LogP contribution in [0, 0.1) is 5.41 Å². The van der Waals surface area contributed by atoms with Crippen LogP contribution in [0.25, 0.3) is 0 Å². The van der Waals surface area contributed by atoms with E-state index in [9.17, 15) is 28.8 Å². The van der Waals surface area contributed by atoms with Gasteiger partial charge < -0.3 is 38.2 Å². The molecule has 14 nitrogen and oxygen atoms in total. The van der Waals surface area contributed by atoms with Gasteiger partial charge in [-0.05, 0) is 87.3 Å². The Bertz CT molecular complexity index is 2170. The normalized spacial score (nSPS) is 11.1. The molecule has 0 fully saturated rings. The van der Waals surface area contributed by atoms with Gasteiger partial charge in [-0.2, -0.15) is 0 Å². The first kappa shape index (κ1) is 60.7. The smallest absolute Gasteiger partial charge is 0.330 e. The number of ether oxygens (including phenoxy) is 6. The molecule has 0 aromatic heterocycles. The van der Waals surface area contributed by atoms with Crippen molar-refractivity contribution in [2.24, 2.45) is 5.41 Å². The van der Waals surface area contributed by atoms with Crippen LogP contribution in [-0.4, -0.2) is 124 Å². The summed E-state index contributed by atoms with van der Waals surface area (Å²) in [4.78, 5) is 81.7. The molecule has 0 unspecified atom stereocenters. The predicted molar refractivity (Wildman–Crippen MR) is 290 cm³/mol. The molecule has 404 valence electrons. The van der Waals surface area contributed by atoms with E-state index in [1.165, 1.54) is 0 Å². The zero-order valence-corrected chi connectivity index (χ0v) is 44.2. The van der Waals surface area contributed by atoms with Crippen molar-refractivity contribution < 1.29 is 57.2 Å². The number of benzene rings is 4. The molecule has 4 aromatic rings. The first-order valence-corrected chi connectivity index (χ1v) is 26.5. The van der Waals surface area contributed by atoms with Crippen LogP contribution in [0.2, 0.25) is 0 Å². The van der Waals surface area contributed by atoms with Crippen molar-refractivity contribution >= 4 is 35.4 Å². The Morgan fingerprint density at radius 3 is 1.13 bits per heavy atom. The van der Waals surface area contributed by atoms with Gasteiger partial charge in [0, 0.05) is 60.6 Å². The van der Waals surface area contributed by atoms with Crippen LogP contribution in [0.5, 0.6) is 11.5 Å². The number of carbonyl (C=O) groups is 6. The fourth-order valence-electron chi connectivity index (χ4n) is 8.00. The van der Waals surface area contributed by atoms with Crippen LogP contribution in [-0.2, 0) is 38.1 Å². The average molecular weight is 1030 g/mol. The van der Waals surface area contributed by atoms with Gasteiger partial charge in [-0.3, -0.25) is 19.2 Å². The van der Waals surface area contributed by atoms with Gasteiger partial charge in [-0.1, -0.05) is 126 Å². The second kappa shape index (κ2) is 35.3. The average Bonchev–Trinajstić information content (AvgIpc) is 3.45. The topological polar surface area (TPSA) is 164 Å². The third-order valence-corrected chi connectivity index (χ3v) is 12.5.